The molecule has 1 N–H and O–H groups in total. The molecule has 0 aromatic heterocycles. The predicted octanol–water partition coefficient (Wildman–Crippen LogP) is 2.47. The standard InChI is InChI=1S/C6H12N2O.2C2H6/c1-6(2)4-7-5(9)8(6)3;2*1-2/h4H2,1-3H3,(H,7,9);2*1-2H3. The number of urea groups is 1. The summed E-state index contributed by atoms with van der Waals surface area (Å²) in [5, 5.41) is 2.75. The highest BCUT2D eigenvalue weighted by atomic mass is 16.2. The molecule has 1 rings (SSSR count). The number of hydrogen-bond acceptors (Lipinski definition) is 1. The van der Waals surface area contributed by atoms with Gasteiger partial charge in [0, 0.05) is 13.6 Å². The van der Waals surface area contributed by atoms with Crippen LogP contribution in [0.25, 0.3) is 0 Å². The fourth-order valence-electron chi connectivity index (χ4n) is 0.804. The van der Waals surface area contributed by atoms with Crippen LogP contribution < -0.4 is 5.32 Å². The van der Waals surface area contributed by atoms with Gasteiger partial charge < -0.3 is 10.2 Å². The van der Waals surface area contributed by atoms with Gasteiger partial charge in [-0.25, -0.2) is 4.79 Å². The maximum Gasteiger partial charge on any atom is 0.317 e. The minimum Gasteiger partial charge on any atom is -0.336 e. The van der Waals surface area contributed by atoms with E-state index in [0.717, 1.165) is 6.54 Å². The van der Waals surface area contributed by atoms with E-state index in [-0.39, 0.29) is 11.6 Å². The molecule has 1 fully saturated rings. The topological polar surface area (TPSA) is 32.3 Å². The second-order valence-corrected chi connectivity index (χ2v) is 3.03. The maximum absolute atomic E-state index is 10.8. The van der Waals surface area contributed by atoms with Crippen LogP contribution in [0.3, 0.4) is 0 Å². The molecule has 0 aliphatic carbocycles. The highest BCUT2D eigenvalue weighted by molar-refractivity contribution is 5.77. The lowest BCUT2D eigenvalue weighted by atomic mass is 10.1. The van der Waals surface area contributed by atoms with E-state index in [9.17, 15) is 4.79 Å². The van der Waals surface area contributed by atoms with Crippen LogP contribution in [0.5, 0.6) is 0 Å². The predicted molar refractivity (Wildman–Crippen MR) is 57.9 cm³/mol. The zero-order valence-corrected chi connectivity index (χ0v) is 10.1. The van der Waals surface area contributed by atoms with Gasteiger partial charge in [0.15, 0.2) is 0 Å². The Morgan fingerprint density at radius 3 is 1.69 bits per heavy atom. The van der Waals surface area contributed by atoms with E-state index < -0.39 is 0 Å². The number of likely N-dealkylation sites (N-methyl/N-ethyl adjacent to an activating group) is 1. The molecule has 1 aliphatic heterocycles. The zero-order chi connectivity index (χ0) is 11.1. The quantitative estimate of drug-likeness (QED) is 0.622. The molecule has 0 atom stereocenters. The molecule has 13 heavy (non-hydrogen) atoms. The Morgan fingerprint density at radius 2 is 1.62 bits per heavy atom. The Labute approximate surface area is 82.5 Å². The van der Waals surface area contributed by atoms with Crippen LogP contribution in [0.1, 0.15) is 41.5 Å². The monoisotopic (exact) mass is 188 g/mol. The van der Waals surface area contributed by atoms with Crippen molar-refractivity contribution in [2.75, 3.05) is 13.6 Å². The first-order valence-corrected chi connectivity index (χ1v) is 5.06. The van der Waals surface area contributed by atoms with Crippen LogP contribution in [0.4, 0.5) is 4.79 Å². The summed E-state index contributed by atoms with van der Waals surface area (Å²) in [4.78, 5) is 12.5. The van der Waals surface area contributed by atoms with Crippen molar-refractivity contribution in [3.8, 4) is 0 Å². The summed E-state index contributed by atoms with van der Waals surface area (Å²) in [6, 6.07) is 0.0278. The maximum atomic E-state index is 10.8. The fourth-order valence-corrected chi connectivity index (χ4v) is 0.804. The van der Waals surface area contributed by atoms with Crippen LogP contribution in [0, 0.1) is 0 Å². The van der Waals surface area contributed by atoms with Gasteiger partial charge in [0.1, 0.15) is 0 Å². The van der Waals surface area contributed by atoms with E-state index in [2.05, 4.69) is 5.32 Å². The van der Waals surface area contributed by atoms with Gasteiger partial charge in [-0.2, -0.15) is 0 Å². The van der Waals surface area contributed by atoms with Gasteiger partial charge in [-0.3, -0.25) is 0 Å². The number of amides is 2. The first-order valence-electron chi connectivity index (χ1n) is 5.06. The van der Waals surface area contributed by atoms with Crippen molar-refractivity contribution in [2.24, 2.45) is 0 Å². The van der Waals surface area contributed by atoms with Crippen LogP contribution in [0.2, 0.25) is 0 Å². The highest BCUT2D eigenvalue weighted by Gasteiger charge is 2.33. The van der Waals surface area contributed by atoms with E-state index >= 15 is 0 Å². The van der Waals surface area contributed by atoms with Crippen molar-refractivity contribution in [1.82, 2.24) is 10.2 Å². The van der Waals surface area contributed by atoms with Crippen molar-refractivity contribution in [3.05, 3.63) is 0 Å². The summed E-state index contributed by atoms with van der Waals surface area (Å²) >= 11 is 0. The van der Waals surface area contributed by atoms with E-state index in [4.69, 9.17) is 0 Å². The van der Waals surface area contributed by atoms with Crippen LogP contribution in [-0.2, 0) is 0 Å². The molecular formula is C10H24N2O. The molecule has 3 nitrogen and oxygen atoms in total. The zero-order valence-electron chi connectivity index (χ0n) is 10.1. The van der Waals surface area contributed by atoms with Gasteiger partial charge in [-0.15, -0.1) is 0 Å². The largest absolute Gasteiger partial charge is 0.336 e. The molecule has 0 aromatic rings. The first kappa shape index (κ1) is 14.8. The Morgan fingerprint density at radius 1 is 1.23 bits per heavy atom. The molecule has 1 aliphatic rings. The molecule has 0 spiro atoms. The Kier molecular flexibility index (Phi) is 7.67. The molecule has 0 saturated carbocycles. The van der Waals surface area contributed by atoms with Crippen molar-refractivity contribution in [1.29, 1.82) is 0 Å². The molecule has 1 saturated heterocycles. The third kappa shape index (κ3) is 4.15. The van der Waals surface area contributed by atoms with Gasteiger partial charge >= 0.3 is 6.03 Å². The number of carbonyl (C=O) groups is 1. The minimum atomic E-state index is -0.00289. The van der Waals surface area contributed by atoms with Gasteiger partial charge in [0.25, 0.3) is 0 Å². The number of nitrogens with one attached hydrogen (secondary N) is 1. The van der Waals surface area contributed by atoms with E-state index in [1.54, 1.807) is 4.90 Å². The van der Waals surface area contributed by atoms with Crippen molar-refractivity contribution in [2.45, 2.75) is 47.1 Å². The Hall–Kier alpha value is -0.730. The molecule has 2 amide bonds. The summed E-state index contributed by atoms with van der Waals surface area (Å²) in [6.45, 7) is 12.8. The number of carbonyl (C=O) groups excluding carboxylic acids is 1. The highest BCUT2D eigenvalue weighted by Crippen LogP contribution is 2.15. The van der Waals surface area contributed by atoms with E-state index in [0.29, 0.717) is 0 Å². The smallest absolute Gasteiger partial charge is 0.317 e. The molecule has 3 heteroatoms. The van der Waals surface area contributed by atoms with E-state index in [1.807, 2.05) is 48.6 Å². The Bertz CT molecular complexity index is 144. The molecule has 0 radical (unpaired) electrons. The third-order valence-corrected chi connectivity index (χ3v) is 1.88. The van der Waals surface area contributed by atoms with E-state index in [1.165, 1.54) is 0 Å². The van der Waals surface area contributed by atoms with Gasteiger partial charge in [0.2, 0.25) is 0 Å². The second-order valence-electron chi connectivity index (χ2n) is 3.03. The minimum absolute atomic E-state index is 0.00289. The summed E-state index contributed by atoms with van der Waals surface area (Å²) in [7, 11) is 1.81. The number of hydrogen-bond donors (Lipinski definition) is 1. The van der Waals surface area contributed by atoms with Crippen LogP contribution in [-0.4, -0.2) is 30.1 Å². The number of rotatable bonds is 0. The van der Waals surface area contributed by atoms with Crippen molar-refractivity contribution in [3.63, 3.8) is 0 Å². The third-order valence-electron chi connectivity index (χ3n) is 1.88. The fraction of sp³-hybridized carbons (Fsp3) is 0.900. The van der Waals surface area contributed by atoms with Gasteiger partial charge in [-0.05, 0) is 13.8 Å². The SMILES string of the molecule is CC.CC.CN1C(=O)NCC1(C)C. The summed E-state index contributed by atoms with van der Waals surface area (Å²) in [5.74, 6) is 0. The molecular weight excluding hydrogens is 164 g/mol. The normalized spacial score (nSPS) is 17.8. The average Bonchev–Trinajstić information content (AvgIpc) is 2.40. The second kappa shape index (κ2) is 6.75. The lowest BCUT2D eigenvalue weighted by Gasteiger charge is -2.24. The summed E-state index contributed by atoms with van der Waals surface area (Å²) < 4.78 is 0. The van der Waals surface area contributed by atoms with Gasteiger partial charge in [0.05, 0.1) is 5.54 Å². The Balaban J connectivity index is 0. The number of nitrogens with zero attached hydrogens (tertiary/aromatic N) is 1. The van der Waals surface area contributed by atoms with Crippen LogP contribution >= 0.6 is 0 Å². The van der Waals surface area contributed by atoms with Gasteiger partial charge in [-0.1, -0.05) is 27.7 Å². The molecule has 80 valence electrons. The molecule has 0 unspecified atom stereocenters. The molecule has 0 aromatic carbocycles. The lowest BCUT2D eigenvalue weighted by molar-refractivity contribution is 0.197. The average molecular weight is 188 g/mol. The first-order chi connectivity index (χ1) is 6.04. The van der Waals surface area contributed by atoms with Crippen LogP contribution in [0.15, 0.2) is 0 Å². The summed E-state index contributed by atoms with van der Waals surface area (Å²) in [5.41, 5.74) is -0.00289. The summed E-state index contributed by atoms with van der Waals surface area (Å²) in [6.07, 6.45) is 0. The molecule has 1 heterocycles. The molecule has 0 bridgehead atoms. The van der Waals surface area contributed by atoms with Crippen molar-refractivity contribution < 1.29 is 4.79 Å². The van der Waals surface area contributed by atoms with Crippen molar-refractivity contribution >= 4 is 6.03 Å². The lowest BCUT2D eigenvalue weighted by Crippen LogP contribution is -2.38.